The zero-order valence-electron chi connectivity index (χ0n) is 14.3. The van der Waals surface area contributed by atoms with E-state index >= 15 is 0 Å². The van der Waals surface area contributed by atoms with Gasteiger partial charge in [-0.25, -0.2) is 0 Å². The molecule has 0 aliphatic heterocycles. The molecule has 0 radical (unpaired) electrons. The van der Waals surface area contributed by atoms with Gasteiger partial charge in [0.1, 0.15) is 0 Å². The van der Waals surface area contributed by atoms with Crippen LogP contribution in [0.25, 0.3) is 0 Å². The predicted molar refractivity (Wildman–Crippen MR) is 97.4 cm³/mol. The molecule has 1 amide bonds. The van der Waals surface area contributed by atoms with Crippen LogP contribution in [0.3, 0.4) is 0 Å². The normalized spacial score (nSPS) is 15.8. The lowest BCUT2D eigenvalue weighted by atomic mass is 10.1. The monoisotopic (exact) mass is 331 g/mol. The minimum atomic E-state index is 0.0762. The van der Waals surface area contributed by atoms with Crippen molar-refractivity contribution in [2.24, 2.45) is 0 Å². The van der Waals surface area contributed by atoms with Crippen LogP contribution in [-0.2, 0) is 13.0 Å². The topological polar surface area (TPSA) is 38.1 Å². The molecule has 1 aliphatic rings. The molecule has 0 saturated heterocycles. The maximum atomic E-state index is 12.9. The molecule has 4 heteroatoms. The third-order valence-corrected chi connectivity index (χ3v) is 4.99. The summed E-state index contributed by atoms with van der Waals surface area (Å²) < 4.78 is 1.87. The molecular weight excluding hydrogens is 310 g/mol. The van der Waals surface area contributed by atoms with Crippen molar-refractivity contribution in [2.45, 2.75) is 25.4 Å². The van der Waals surface area contributed by atoms with Crippen molar-refractivity contribution >= 4 is 5.91 Å². The average Bonchev–Trinajstić information content (AvgIpc) is 3.31. The van der Waals surface area contributed by atoms with E-state index in [0.717, 1.165) is 24.0 Å². The average molecular weight is 331 g/mol. The molecule has 0 bridgehead atoms. The van der Waals surface area contributed by atoms with E-state index in [1.54, 1.807) is 6.20 Å². The third kappa shape index (κ3) is 3.07. The molecule has 2 aromatic carbocycles. The fourth-order valence-corrected chi connectivity index (χ4v) is 3.62. The standard InChI is InChI=1S/C21H21N3O/c1-23(20-12-11-17-5-2-3-6-19(17)20)21(25)18-9-7-16(8-10-18)15-24-14-4-13-22-24/h2-10,13-14,20H,11-12,15H2,1H3. The van der Waals surface area contributed by atoms with Crippen LogP contribution in [0, 0.1) is 0 Å². The summed E-state index contributed by atoms with van der Waals surface area (Å²) in [5, 5.41) is 4.21. The Balaban J connectivity index is 1.49. The van der Waals surface area contributed by atoms with Gasteiger partial charge in [0, 0.05) is 25.0 Å². The Morgan fingerprint density at radius 1 is 1.16 bits per heavy atom. The van der Waals surface area contributed by atoms with Crippen molar-refractivity contribution in [1.29, 1.82) is 0 Å². The first-order chi connectivity index (χ1) is 12.2. The second-order valence-corrected chi connectivity index (χ2v) is 6.57. The van der Waals surface area contributed by atoms with Crippen molar-refractivity contribution in [3.63, 3.8) is 0 Å². The van der Waals surface area contributed by atoms with Gasteiger partial charge in [0.25, 0.3) is 5.91 Å². The summed E-state index contributed by atoms with van der Waals surface area (Å²) in [4.78, 5) is 14.8. The van der Waals surface area contributed by atoms with Crippen molar-refractivity contribution in [3.05, 3.63) is 89.2 Å². The molecule has 3 aromatic rings. The van der Waals surface area contributed by atoms with E-state index in [0.29, 0.717) is 6.54 Å². The quantitative estimate of drug-likeness (QED) is 0.731. The van der Waals surface area contributed by atoms with Gasteiger partial charge in [0.05, 0.1) is 12.6 Å². The van der Waals surface area contributed by atoms with Gasteiger partial charge in [-0.05, 0) is 47.7 Å². The van der Waals surface area contributed by atoms with Crippen molar-refractivity contribution in [1.82, 2.24) is 14.7 Å². The highest BCUT2D eigenvalue weighted by molar-refractivity contribution is 5.94. The van der Waals surface area contributed by atoms with Gasteiger partial charge in [0.15, 0.2) is 0 Å². The second kappa shape index (κ2) is 6.55. The molecule has 1 heterocycles. The molecule has 25 heavy (non-hydrogen) atoms. The van der Waals surface area contributed by atoms with Crippen LogP contribution >= 0.6 is 0 Å². The summed E-state index contributed by atoms with van der Waals surface area (Å²) in [6.07, 6.45) is 5.75. The van der Waals surface area contributed by atoms with Crippen LogP contribution in [0.4, 0.5) is 0 Å². The lowest BCUT2D eigenvalue weighted by Crippen LogP contribution is -2.30. The van der Waals surface area contributed by atoms with Gasteiger partial charge < -0.3 is 4.90 Å². The number of aromatic nitrogens is 2. The lowest BCUT2D eigenvalue weighted by molar-refractivity contribution is 0.0730. The molecule has 0 fully saturated rings. The van der Waals surface area contributed by atoms with Crippen LogP contribution in [0.5, 0.6) is 0 Å². The van der Waals surface area contributed by atoms with Crippen molar-refractivity contribution < 1.29 is 4.79 Å². The number of nitrogens with zero attached hydrogens (tertiary/aromatic N) is 3. The highest BCUT2D eigenvalue weighted by Crippen LogP contribution is 2.35. The third-order valence-electron chi connectivity index (χ3n) is 4.99. The molecule has 1 aliphatic carbocycles. The summed E-state index contributed by atoms with van der Waals surface area (Å²) in [7, 11) is 1.91. The first-order valence-electron chi connectivity index (χ1n) is 8.64. The predicted octanol–water partition coefficient (Wildman–Crippen LogP) is 3.69. The minimum Gasteiger partial charge on any atom is -0.335 e. The number of amides is 1. The summed E-state index contributed by atoms with van der Waals surface area (Å²) in [5.74, 6) is 0.0762. The van der Waals surface area contributed by atoms with E-state index in [2.05, 4.69) is 29.4 Å². The van der Waals surface area contributed by atoms with Gasteiger partial charge >= 0.3 is 0 Å². The number of hydrogen-bond acceptors (Lipinski definition) is 2. The fraction of sp³-hybridized carbons (Fsp3) is 0.238. The first-order valence-corrected chi connectivity index (χ1v) is 8.64. The first kappa shape index (κ1) is 15.6. The molecule has 1 aromatic heterocycles. The lowest BCUT2D eigenvalue weighted by Gasteiger charge is -2.25. The summed E-state index contributed by atoms with van der Waals surface area (Å²) in [6, 6.07) is 18.4. The Morgan fingerprint density at radius 3 is 2.72 bits per heavy atom. The maximum absolute atomic E-state index is 12.9. The van der Waals surface area contributed by atoms with E-state index in [1.165, 1.54) is 11.1 Å². The van der Waals surface area contributed by atoms with E-state index in [4.69, 9.17) is 0 Å². The van der Waals surface area contributed by atoms with Crippen molar-refractivity contribution in [2.75, 3.05) is 7.05 Å². The van der Waals surface area contributed by atoms with Crippen molar-refractivity contribution in [3.8, 4) is 0 Å². The molecule has 0 N–H and O–H groups in total. The Labute approximate surface area is 147 Å². The van der Waals surface area contributed by atoms with E-state index in [-0.39, 0.29) is 11.9 Å². The zero-order valence-corrected chi connectivity index (χ0v) is 14.3. The molecule has 126 valence electrons. The van der Waals surface area contributed by atoms with E-state index < -0.39 is 0 Å². The highest BCUT2D eigenvalue weighted by atomic mass is 16.2. The number of benzene rings is 2. The van der Waals surface area contributed by atoms with Gasteiger partial charge in [0.2, 0.25) is 0 Å². The van der Waals surface area contributed by atoms with Crippen LogP contribution < -0.4 is 0 Å². The second-order valence-electron chi connectivity index (χ2n) is 6.57. The molecule has 1 atom stereocenters. The number of carbonyl (C=O) groups excluding carboxylic acids is 1. The highest BCUT2D eigenvalue weighted by Gasteiger charge is 2.28. The van der Waals surface area contributed by atoms with Gasteiger partial charge in [-0.3, -0.25) is 9.48 Å². The zero-order chi connectivity index (χ0) is 17.2. The Kier molecular flexibility index (Phi) is 4.10. The number of carbonyl (C=O) groups is 1. The van der Waals surface area contributed by atoms with E-state index in [9.17, 15) is 4.79 Å². The number of rotatable bonds is 4. The SMILES string of the molecule is CN(C(=O)c1ccc(Cn2cccn2)cc1)C1CCc2ccccc21. The number of hydrogen-bond donors (Lipinski definition) is 0. The van der Waals surface area contributed by atoms with Gasteiger partial charge in [-0.1, -0.05) is 36.4 Å². The Bertz CT molecular complexity index is 868. The minimum absolute atomic E-state index is 0.0762. The molecule has 4 nitrogen and oxygen atoms in total. The summed E-state index contributed by atoms with van der Waals surface area (Å²) in [5.41, 5.74) is 4.51. The molecule has 0 saturated carbocycles. The molecule has 0 spiro atoms. The Morgan fingerprint density at radius 2 is 1.96 bits per heavy atom. The van der Waals surface area contributed by atoms with Gasteiger partial charge in [-0.15, -0.1) is 0 Å². The maximum Gasteiger partial charge on any atom is 0.254 e. The number of aryl methyl sites for hydroxylation is 1. The summed E-state index contributed by atoms with van der Waals surface area (Å²) in [6.45, 7) is 0.716. The van der Waals surface area contributed by atoms with Crippen LogP contribution in [0.2, 0.25) is 0 Å². The molecule has 4 rings (SSSR count). The molecule has 1 unspecified atom stereocenters. The largest absolute Gasteiger partial charge is 0.335 e. The van der Waals surface area contributed by atoms with E-state index in [1.807, 2.05) is 53.2 Å². The smallest absolute Gasteiger partial charge is 0.254 e. The summed E-state index contributed by atoms with van der Waals surface area (Å²) >= 11 is 0. The van der Waals surface area contributed by atoms with Gasteiger partial charge in [-0.2, -0.15) is 5.10 Å². The fourth-order valence-electron chi connectivity index (χ4n) is 3.62. The Hall–Kier alpha value is -2.88. The van der Waals surface area contributed by atoms with Crippen LogP contribution in [0.1, 0.15) is 39.5 Å². The van der Waals surface area contributed by atoms with Crippen LogP contribution in [0.15, 0.2) is 67.0 Å². The molecular formula is C21H21N3O. The number of fused-ring (bicyclic) bond motifs is 1. The van der Waals surface area contributed by atoms with Crippen LogP contribution in [-0.4, -0.2) is 27.6 Å².